The molecule has 1 saturated heterocycles. The summed E-state index contributed by atoms with van der Waals surface area (Å²) in [4.78, 5) is 26.3. The van der Waals surface area contributed by atoms with Crippen LogP contribution in [0.25, 0.3) is 0 Å². The predicted octanol–water partition coefficient (Wildman–Crippen LogP) is 2.56. The number of benzene rings is 1. The van der Waals surface area contributed by atoms with Gasteiger partial charge in [0.15, 0.2) is 0 Å². The molecule has 1 unspecified atom stereocenters. The molecule has 144 valence electrons. The molecule has 8 heteroatoms. The van der Waals surface area contributed by atoms with Gasteiger partial charge < -0.3 is 15.5 Å². The van der Waals surface area contributed by atoms with Crippen LogP contribution in [-0.2, 0) is 9.59 Å². The number of nitrogens with one attached hydrogen (secondary N) is 2. The molecule has 3 rings (SSSR count). The first-order valence-electron chi connectivity index (χ1n) is 8.70. The Bertz CT molecular complexity index is 660. The fraction of sp³-hybridized carbons (Fsp3) is 0.556. The van der Waals surface area contributed by atoms with Crippen molar-refractivity contribution in [2.75, 3.05) is 31.5 Å². The number of piperidine rings is 1. The van der Waals surface area contributed by atoms with Crippen LogP contribution in [0.4, 0.5) is 14.5 Å². The van der Waals surface area contributed by atoms with Crippen molar-refractivity contribution in [3.8, 4) is 0 Å². The molecule has 5 nitrogen and oxygen atoms in total. The number of hydrogen-bond acceptors (Lipinski definition) is 3. The Morgan fingerprint density at radius 1 is 1.27 bits per heavy atom. The molecule has 1 aliphatic heterocycles. The van der Waals surface area contributed by atoms with Crippen LogP contribution in [0.5, 0.6) is 0 Å². The highest BCUT2D eigenvalue weighted by atomic mass is 35.5. The van der Waals surface area contributed by atoms with Crippen molar-refractivity contribution in [1.29, 1.82) is 0 Å². The maximum Gasteiger partial charge on any atom is 0.244 e. The number of carbonyl (C=O) groups is 2. The molecule has 1 aromatic rings. The maximum absolute atomic E-state index is 13.6. The molecule has 0 aromatic heterocycles. The number of halogens is 3. The summed E-state index contributed by atoms with van der Waals surface area (Å²) in [5, 5.41) is 5.53. The number of anilines is 1. The molecular weight excluding hydrogens is 364 g/mol. The zero-order chi connectivity index (χ0) is 18.0. The third kappa shape index (κ3) is 4.15. The number of amides is 2. The van der Waals surface area contributed by atoms with E-state index >= 15 is 0 Å². The molecule has 2 N–H and O–H groups in total. The molecule has 1 atom stereocenters. The van der Waals surface area contributed by atoms with E-state index in [0.29, 0.717) is 6.54 Å². The topological polar surface area (TPSA) is 61.4 Å². The summed E-state index contributed by atoms with van der Waals surface area (Å²) in [7, 11) is 0. The molecule has 26 heavy (non-hydrogen) atoms. The SMILES string of the molecule is CCN(CC(=O)Nc1c(F)cccc1F)C(=O)C1CC12CCNCC2.Cl. The van der Waals surface area contributed by atoms with Gasteiger partial charge in [-0.1, -0.05) is 6.07 Å². The second-order valence-corrected chi connectivity index (χ2v) is 6.87. The summed E-state index contributed by atoms with van der Waals surface area (Å²) in [6.07, 6.45) is 2.83. The minimum Gasteiger partial charge on any atom is -0.333 e. The molecule has 1 aliphatic carbocycles. The van der Waals surface area contributed by atoms with Crippen molar-refractivity contribution in [3.05, 3.63) is 29.8 Å². The van der Waals surface area contributed by atoms with Crippen molar-refractivity contribution in [1.82, 2.24) is 10.2 Å². The first-order valence-corrected chi connectivity index (χ1v) is 8.70. The van der Waals surface area contributed by atoms with E-state index in [1.165, 1.54) is 11.0 Å². The Balaban J connectivity index is 0.00000243. The van der Waals surface area contributed by atoms with Gasteiger partial charge in [0.25, 0.3) is 0 Å². The normalized spacial score (nSPS) is 20.2. The third-order valence-corrected chi connectivity index (χ3v) is 5.34. The first-order chi connectivity index (χ1) is 12.0. The Morgan fingerprint density at radius 3 is 2.46 bits per heavy atom. The highest BCUT2D eigenvalue weighted by molar-refractivity contribution is 5.95. The largest absolute Gasteiger partial charge is 0.333 e. The average molecular weight is 388 g/mol. The molecule has 0 radical (unpaired) electrons. The van der Waals surface area contributed by atoms with Gasteiger partial charge in [-0.05, 0) is 56.8 Å². The molecule has 0 bridgehead atoms. The van der Waals surface area contributed by atoms with Crippen LogP contribution in [0.3, 0.4) is 0 Å². The number of rotatable bonds is 5. The van der Waals surface area contributed by atoms with Gasteiger partial charge in [-0.2, -0.15) is 0 Å². The highest BCUT2D eigenvalue weighted by Crippen LogP contribution is 2.59. The quantitative estimate of drug-likeness (QED) is 0.816. The number of hydrogen-bond donors (Lipinski definition) is 2. The molecule has 1 heterocycles. The van der Waals surface area contributed by atoms with Crippen LogP contribution >= 0.6 is 12.4 Å². The fourth-order valence-corrected chi connectivity index (χ4v) is 3.71. The van der Waals surface area contributed by atoms with E-state index in [9.17, 15) is 18.4 Å². The molecule has 1 aromatic carbocycles. The van der Waals surface area contributed by atoms with E-state index in [0.717, 1.165) is 44.5 Å². The van der Waals surface area contributed by atoms with E-state index < -0.39 is 23.2 Å². The predicted molar refractivity (Wildman–Crippen MR) is 97.1 cm³/mol. The summed E-state index contributed by atoms with van der Waals surface area (Å²) in [5.74, 6) is -2.34. The van der Waals surface area contributed by atoms with Crippen molar-refractivity contribution in [2.24, 2.45) is 11.3 Å². The summed E-state index contributed by atoms with van der Waals surface area (Å²) >= 11 is 0. The Kier molecular flexibility index (Phi) is 6.58. The van der Waals surface area contributed by atoms with E-state index in [1.54, 1.807) is 6.92 Å². The van der Waals surface area contributed by atoms with Crippen LogP contribution in [0, 0.1) is 23.0 Å². The summed E-state index contributed by atoms with van der Waals surface area (Å²) in [6.45, 7) is 3.82. The standard InChI is InChI=1S/C18H23F2N3O2.ClH/c1-2-23(17(25)12-10-18(12)6-8-21-9-7-18)11-15(24)22-16-13(19)4-3-5-14(16)20;/h3-5,12,21H,2,6-11H2,1H3,(H,22,24);1H. The highest BCUT2D eigenvalue weighted by Gasteiger charge is 2.58. The van der Waals surface area contributed by atoms with E-state index in [1.807, 2.05) is 0 Å². The number of para-hydroxylation sites is 1. The van der Waals surface area contributed by atoms with Gasteiger partial charge >= 0.3 is 0 Å². The molecule has 2 fully saturated rings. The van der Waals surface area contributed by atoms with Gasteiger partial charge in [0, 0.05) is 12.5 Å². The molecule has 1 spiro atoms. The lowest BCUT2D eigenvalue weighted by Gasteiger charge is -2.26. The van der Waals surface area contributed by atoms with Crippen LogP contribution in [-0.4, -0.2) is 42.9 Å². The van der Waals surface area contributed by atoms with E-state index in [4.69, 9.17) is 0 Å². The van der Waals surface area contributed by atoms with E-state index in [-0.39, 0.29) is 36.2 Å². The number of nitrogens with zero attached hydrogens (tertiary/aromatic N) is 1. The van der Waals surface area contributed by atoms with Crippen LogP contribution in [0.2, 0.25) is 0 Å². The lowest BCUT2D eigenvalue weighted by atomic mass is 9.91. The van der Waals surface area contributed by atoms with Gasteiger partial charge in [0.2, 0.25) is 11.8 Å². The van der Waals surface area contributed by atoms with Crippen LogP contribution in [0.1, 0.15) is 26.2 Å². The fourth-order valence-electron chi connectivity index (χ4n) is 3.71. The lowest BCUT2D eigenvalue weighted by Crippen LogP contribution is -2.40. The minimum absolute atomic E-state index is 0. The monoisotopic (exact) mass is 387 g/mol. The van der Waals surface area contributed by atoms with E-state index in [2.05, 4.69) is 10.6 Å². The Hall–Kier alpha value is -1.73. The second-order valence-electron chi connectivity index (χ2n) is 6.87. The van der Waals surface area contributed by atoms with Gasteiger partial charge in [0.05, 0.1) is 6.54 Å². The summed E-state index contributed by atoms with van der Waals surface area (Å²) in [5.41, 5.74) is -0.388. The molecule has 2 amide bonds. The number of carbonyl (C=O) groups excluding carboxylic acids is 2. The maximum atomic E-state index is 13.6. The first kappa shape index (κ1) is 20.6. The second kappa shape index (κ2) is 8.31. The molecular formula is C18H24ClF2N3O2. The summed E-state index contributed by atoms with van der Waals surface area (Å²) < 4.78 is 27.2. The zero-order valence-electron chi connectivity index (χ0n) is 14.7. The smallest absolute Gasteiger partial charge is 0.244 e. The molecule has 1 saturated carbocycles. The molecule has 2 aliphatic rings. The van der Waals surface area contributed by atoms with Crippen LogP contribution in [0.15, 0.2) is 18.2 Å². The van der Waals surface area contributed by atoms with Crippen molar-refractivity contribution in [3.63, 3.8) is 0 Å². The van der Waals surface area contributed by atoms with Crippen LogP contribution < -0.4 is 10.6 Å². The van der Waals surface area contributed by atoms with Crippen molar-refractivity contribution in [2.45, 2.75) is 26.2 Å². The Labute approximate surface area is 157 Å². The van der Waals surface area contributed by atoms with Gasteiger partial charge in [-0.3, -0.25) is 9.59 Å². The third-order valence-electron chi connectivity index (χ3n) is 5.34. The van der Waals surface area contributed by atoms with Gasteiger partial charge in [-0.15, -0.1) is 12.4 Å². The summed E-state index contributed by atoms with van der Waals surface area (Å²) in [6, 6.07) is 3.38. The van der Waals surface area contributed by atoms with Crippen molar-refractivity contribution < 1.29 is 18.4 Å². The van der Waals surface area contributed by atoms with Crippen molar-refractivity contribution >= 4 is 29.9 Å². The minimum atomic E-state index is -0.835. The average Bonchev–Trinajstić information content (AvgIpc) is 3.29. The lowest BCUT2D eigenvalue weighted by molar-refractivity contribution is -0.136. The number of likely N-dealkylation sites (N-methyl/N-ethyl adjacent to an activating group) is 1. The van der Waals surface area contributed by atoms with Gasteiger partial charge in [0.1, 0.15) is 17.3 Å². The van der Waals surface area contributed by atoms with Gasteiger partial charge in [-0.25, -0.2) is 8.78 Å². The Morgan fingerprint density at radius 2 is 1.88 bits per heavy atom. The zero-order valence-corrected chi connectivity index (χ0v) is 15.5.